The van der Waals surface area contributed by atoms with Crippen molar-refractivity contribution in [3.63, 3.8) is 0 Å². The van der Waals surface area contributed by atoms with Crippen LogP contribution in [0.3, 0.4) is 0 Å². The molecule has 1 aromatic carbocycles. The summed E-state index contributed by atoms with van der Waals surface area (Å²) in [5, 5.41) is 0. The van der Waals surface area contributed by atoms with E-state index < -0.39 is 5.60 Å². The van der Waals surface area contributed by atoms with Crippen LogP contribution >= 0.6 is 0 Å². The second-order valence-electron chi connectivity index (χ2n) is 5.83. The molecule has 23 heavy (non-hydrogen) atoms. The van der Waals surface area contributed by atoms with E-state index in [9.17, 15) is 4.79 Å². The molecule has 1 aliphatic heterocycles. The third kappa shape index (κ3) is 4.81. The summed E-state index contributed by atoms with van der Waals surface area (Å²) in [6, 6.07) is 5.77. The SMILES string of the molecule is CCOC(=O)C(C)(C)Oc1ccc(/C=C/C2OCCO2)cc1C. The lowest BCUT2D eigenvalue weighted by atomic mass is 10.1. The lowest BCUT2D eigenvalue weighted by molar-refractivity contribution is -0.158. The quantitative estimate of drug-likeness (QED) is 0.754. The average Bonchev–Trinajstić information content (AvgIpc) is 3.01. The van der Waals surface area contributed by atoms with Crippen LogP contribution in [0.5, 0.6) is 5.75 Å². The molecule has 1 aliphatic rings. The highest BCUT2D eigenvalue weighted by atomic mass is 16.7. The largest absolute Gasteiger partial charge is 0.476 e. The molecule has 0 aliphatic carbocycles. The van der Waals surface area contributed by atoms with Gasteiger partial charge in [0, 0.05) is 0 Å². The van der Waals surface area contributed by atoms with Gasteiger partial charge in [0.2, 0.25) is 0 Å². The molecule has 0 amide bonds. The Hall–Kier alpha value is -1.85. The van der Waals surface area contributed by atoms with Gasteiger partial charge in [-0.2, -0.15) is 0 Å². The van der Waals surface area contributed by atoms with E-state index in [1.165, 1.54) is 0 Å². The van der Waals surface area contributed by atoms with Crippen LogP contribution < -0.4 is 4.74 Å². The summed E-state index contributed by atoms with van der Waals surface area (Å²) < 4.78 is 21.6. The fourth-order valence-corrected chi connectivity index (χ4v) is 2.19. The van der Waals surface area contributed by atoms with Crippen molar-refractivity contribution >= 4 is 12.0 Å². The van der Waals surface area contributed by atoms with Gasteiger partial charge < -0.3 is 18.9 Å². The minimum absolute atomic E-state index is 0.269. The summed E-state index contributed by atoms with van der Waals surface area (Å²) in [6.07, 6.45) is 3.56. The van der Waals surface area contributed by atoms with E-state index in [1.807, 2.05) is 37.3 Å². The van der Waals surface area contributed by atoms with Crippen molar-refractivity contribution in [3.8, 4) is 5.75 Å². The van der Waals surface area contributed by atoms with E-state index in [4.69, 9.17) is 18.9 Å². The minimum Gasteiger partial charge on any atom is -0.476 e. The second-order valence-corrected chi connectivity index (χ2v) is 5.83. The highest BCUT2D eigenvalue weighted by molar-refractivity contribution is 5.79. The number of carbonyl (C=O) groups is 1. The molecule has 0 aromatic heterocycles. The third-order valence-electron chi connectivity index (χ3n) is 3.42. The average molecular weight is 320 g/mol. The van der Waals surface area contributed by atoms with E-state index in [1.54, 1.807) is 20.8 Å². The summed E-state index contributed by atoms with van der Waals surface area (Å²) in [4.78, 5) is 11.9. The standard InChI is InChI=1S/C18H24O5/c1-5-20-17(19)18(3,4)23-15-8-6-14(12-13(15)2)7-9-16-21-10-11-22-16/h6-9,12,16H,5,10-11H2,1-4H3/b9-7+. The van der Waals surface area contributed by atoms with Crippen molar-refractivity contribution in [2.45, 2.75) is 39.6 Å². The first-order valence-electron chi connectivity index (χ1n) is 7.80. The van der Waals surface area contributed by atoms with Gasteiger partial charge in [-0.3, -0.25) is 0 Å². The first-order valence-corrected chi connectivity index (χ1v) is 7.80. The van der Waals surface area contributed by atoms with Gasteiger partial charge in [0.15, 0.2) is 11.9 Å². The smallest absolute Gasteiger partial charge is 0.349 e. The zero-order valence-electron chi connectivity index (χ0n) is 14.1. The Morgan fingerprint density at radius 3 is 2.65 bits per heavy atom. The fourth-order valence-electron chi connectivity index (χ4n) is 2.19. The van der Waals surface area contributed by atoms with Gasteiger partial charge in [-0.25, -0.2) is 4.79 Å². The predicted octanol–water partition coefficient (Wildman–Crippen LogP) is 3.10. The normalized spacial score (nSPS) is 16.0. The Bertz CT molecular complexity index is 571. The van der Waals surface area contributed by atoms with Crippen molar-refractivity contribution in [2.75, 3.05) is 19.8 Å². The van der Waals surface area contributed by atoms with Crippen LogP contribution in [-0.2, 0) is 19.0 Å². The zero-order chi connectivity index (χ0) is 16.9. The van der Waals surface area contributed by atoms with Crippen LogP contribution in [0.25, 0.3) is 6.08 Å². The number of esters is 1. The highest BCUT2D eigenvalue weighted by Crippen LogP contribution is 2.25. The molecule has 0 atom stereocenters. The summed E-state index contributed by atoms with van der Waals surface area (Å²) in [5.41, 5.74) is 0.935. The molecule has 2 rings (SSSR count). The maximum Gasteiger partial charge on any atom is 0.349 e. The van der Waals surface area contributed by atoms with Crippen LogP contribution in [-0.4, -0.2) is 37.7 Å². The molecule has 5 nitrogen and oxygen atoms in total. The molecule has 0 unspecified atom stereocenters. The van der Waals surface area contributed by atoms with Gasteiger partial charge >= 0.3 is 5.97 Å². The van der Waals surface area contributed by atoms with Crippen molar-refractivity contribution in [1.82, 2.24) is 0 Å². The van der Waals surface area contributed by atoms with E-state index in [2.05, 4.69) is 0 Å². The molecule has 0 radical (unpaired) electrons. The molecular formula is C18H24O5. The summed E-state index contributed by atoms with van der Waals surface area (Å²) >= 11 is 0. The van der Waals surface area contributed by atoms with Crippen molar-refractivity contribution in [1.29, 1.82) is 0 Å². The Balaban J connectivity index is 2.05. The van der Waals surface area contributed by atoms with E-state index in [-0.39, 0.29) is 12.3 Å². The van der Waals surface area contributed by atoms with Gasteiger partial charge in [0.1, 0.15) is 5.75 Å². The maximum absolute atomic E-state index is 11.9. The molecule has 1 aromatic rings. The number of ether oxygens (including phenoxy) is 4. The fraction of sp³-hybridized carbons (Fsp3) is 0.500. The van der Waals surface area contributed by atoms with Crippen molar-refractivity contribution in [2.24, 2.45) is 0 Å². The van der Waals surface area contributed by atoms with Crippen LogP contribution in [0.15, 0.2) is 24.3 Å². The summed E-state index contributed by atoms with van der Waals surface area (Å²) in [5.74, 6) is 0.285. The molecule has 0 saturated carbocycles. The molecular weight excluding hydrogens is 296 g/mol. The maximum atomic E-state index is 11.9. The molecule has 5 heteroatoms. The Labute approximate surface area is 137 Å². The van der Waals surface area contributed by atoms with Crippen LogP contribution in [0.1, 0.15) is 31.9 Å². The summed E-state index contributed by atoms with van der Waals surface area (Å²) in [6.45, 7) is 8.71. The highest BCUT2D eigenvalue weighted by Gasteiger charge is 2.32. The molecule has 0 spiro atoms. The topological polar surface area (TPSA) is 54.0 Å². The van der Waals surface area contributed by atoms with Crippen molar-refractivity contribution < 1.29 is 23.7 Å². The van der Waals surface area contributed by atoms with Gasteiger partial charge in [0.25, 0.3) is 0 Å². The first kappa shape index (κ1) is 17.5. The van der Waals surface area contributed by atoms with Gasteiger partial charge in [-0.1, -0.05) is 12.1 Å². The Morgan fingerprint density at radius 1 is 1.35 bits per heavy atom. The van der Waals surface area contributed by atoms with E-state index in [0.29, 0.717) is 25.6 Å². The van der Waals surface area contributed by atoms with Gasteiger partial charge in [-0.15, -0.1) is 0 Å². The van der Waals surface area contributed by atoms with Gasteiger partial charge in [-0.05, 0) is 57.0 Å². The number of hydrogen-bond acceptors (Lipinski definition) is 5. The van der Waals surface area contributed by atoms with E-state index in [0.717, 1.165) is 11.1 Å². The number of carbonyl (C=O) groups excluding carboxylic acids is 1. The van der Waals surface area contributed by atoms with Gasteiger partial charge in [0.05, 0.1) is 19.8 Å². The number of hydrogen-bond donors (Lipinski definition) is 0. The Kier molecular flexibility index (Phi) is 5.80. The zero-order valence-corrected chi connectivity index (χ0v) is 14.1. The third-order valence-corrected chi connectivity index (χ3v) is 3.42. The van der Waals surface area contributed by atoms with Crippen molar-refractivity contribution in [3.05, 3.63) is 35.4 Å². The molecule has 0 N–H and O–H groups in total. The van der Waals surface area contributed by atoms with Crippen LogP contribution in [0, 0.1) is 6.92 Å². The predicted molar refractivity (Wildman–Crippen MR) is 87.2 cm³/mol. The van der Waals surface area contributed by atoms with Crippen LogP contribution in [0.4, 0.5) is 0 Å². The molecule has 1 heterocycles. The molecule has 0 bridgehead atoms. The lowest BCUT2D eigenvalue weighted by Gasteiger charge is -2.25. The lowest BCUT2D eigenvalue weighted by Crippen LogP contribution is -2.39. The Morgan fingerprint density at radius 2 is 2.04 bits per heavy atom. The summed E-state index contributed by atoms with van der Waals surface area (Å²) in [7, 11) is 0. The van der Waals surface area contributed by atoms with Crippen LogP contribution in [0.2, 0.25) is 0 Å². The monoisotopic (exact) mass is 320 g/mol. The first-order chi connectivity index (χ1) is 10.9. The number of rotatable bonds is 6. The number of aryl methyl sites for hydroxylation is 1. The second kappa shape index (κ2) is 7.62. The molecule has 126 valence electrons. The van der Waals surface area contributed by atoms with E-state index >= 15 is 0 Å². The molecule has 1 fully saturated rings. The minimum atomic E-state index is -1.02. The molecule has 1 saturated heterocycles. The number of benzene rings is 1.